The molecule has 0 amide bonds. The van der Waals surface area contributed by atoms with Gasteiger partial charge >= 0.3 is 0 Å². The van der Waals surface area contributed by atoms with Gasteiger partial charge in [-0.25, -0.2) is 0 Å². The molecule has 0 unspecified atom stereocenters. The first-order valence-electron chi connectivity index (χ1n) is 5.04. The van der Waals surface area contributed by atoms with Crippen LogP contribution in [0.1, 0.15) is 5.56 Å². The highest BCUT2D eigenvalue weighted by Gasteiger charge is 2.18. The van der Waals surface area contributed by atoms with Gasteiger partial charge in [0.05, 0.1) is 0 Å². The van der Waals surface area contributed by atoms with E-state index in [9.17, 15) is 0 Å². The van der Waals surface area contributed by atoms with E-state index in [2.05, 4.69) is 0 Å². The number of thiocarbonyl (C=S) groups is 1. The number of nitrogens with zero attached hydrogens (tertiary/aromatic N) is 1. The topological polar surface area (TPSA) is 12.5 Å². The molecule has 2 rings (SSSR count). The molecule has 0 fully saturated rings. The predicted molar refractivity (Wildman–Crippen MR) is 69.9 cm³/mol. The highest BCUT2D eigenvalue weighted by molar-refractivity contribution is 7.80. The Morgan fingerprint density at radius 2 is 1.88 bits per heavy atom. The largest absolute Gasteiger partial charge is 0.445 e. The third-order valence-electron chi connectivity index (χ3n) is 2.18. The van der Waals surface area contributed by atoms with Gasteiger partial charge in [-0.15, -0.1) is 0 Å². The van der Waals surface area contributed by atoms with Crippen molar-refractivity contribution in [2.24, 2.45) is 0 Å². The second-order valence-electron chi connectivity index (χ2n) is 3.81. The molecule has 0 saturated heterocycles. The second kappa shape index (κ2) is 4.49. The molecule has 3 heteroatoms. The first kappa shape index (κ1) is 10.9. The van der Waals surface area contributed by atoms with Gasteiger partial charge in [-0.05, 0) is 18.3 Å². The molecular weight excluding hydrogens is 218 g/mol. The average molecular weight is 231 g/mol. The van der Waals surface area contributed by atoms with Crippen LogP contribution in [0.5, 0.6) is 0 Å². The maximum absolute atomic E-state index is 5.56. The zero-order valence-corrected chi connectivity index (χ0v) is 10.1. The number of benzene rings is 1. The Bertz CT molecular complexity index is 460. The molecule has 0 atom stereocenters. The van der Waals surface area contributed by atoms with E-state index >= 15 is 0 Å². The monoisotopic (exact) mass is 231 g/mol. The van der Waals surface area contributed by atoms with E-state index in [1.165, 1.54) is 0 Å². The van der Waals surface area contributed by atoms with Crippen LogP contribution in [0.2, 0.25) is 0 Å². The molecule has 0 spiro atoms. The lowest BCUT2D eigenvalue weighted by atomic mass is 10.1. The standard InChI is InChI=1S/C13H13NOS/c1-14(2)9-11-8-12(15-13(11)16)10-6-4-3-5-7-10/h3-9H,1-2H3. The van der Waals surface area contributed by atoms with E-state index in [0.29, 0.717) is 5.05 Å². The predicted octanol–water partition coefficient (Wildman–Crippen LogP) is 2.83. The van der Waals surface area contributed by atoms with Crippen LogP contribution in [-0.4, -0.2) is 24.0 Å². The molecule has 0 radical (unpaired) electrons. The van der Waals surface area contributed by atoms with Gasteiger partial charge in [0.2, 0.25) is 0 Å². The average Bonchev–Trinajstić information content (AvgIpc) is 2.61. The molecule has 1 aromatic carbocycles. The molecule has 16 heavy (non-hydrogen) atoms. The van der Waals surface area contributed by atoms with Crippen LogP contribution in [-0.2, 0) is 4.74 Å². The lowest BCUT2D eigenvalue weighted by Gasteiger charge is -2.05. The fraction of sp³-hybridized carbons (Fsp3) is 0.154. The summed E-state index contributed by atoms with van der Waals surface area (Å²) in [5.41, 5.74) is 1.99. The third-order valence-corrected chi connectivity index (χ3v) is 2.50. The highest BCUT2D eigenvalue weighted by atomic mass is 32.1. The molecule has 0 aliphatic carbocycles. The number of ether oxygens (including phenoxy) is 1. The maximum atomic E-state index is 5.56. The van der Waals surface area contributed by atoms with Gasteiger partial charge in [0.1, 0.15) is 5.76 Å². The minimum absolute atomic E-state index is 0.535. The van der Waals surface area contributed by atoms with E-state index in [4.69, 9.17) is 17.0 Å². The van der Waals surface area contributed by atoms with Crippen molar-refractivity contribution < 1.29 is 4.74 Å². The van der Waals surface area contributed by atoms with E-state index < -0.39 is 0 Å². The molecule has 0 bridgehead atoms. The third kappa shape index (κ3) is 2.31. The quantitative estimate of drug-likeness (QED) is 0.573. The van der Waals surface area contributed by atoms with Gasteiger partial charge in [0, 0.05) is 31.4 Å². The van der Waals surface area contributed by atoms with E-state index in [0.717, 1.165) is 16.9 Å². The lowest BCUT2D eigenvalue weighted by molar-refractivity contribution is 0.530. The zero-order valence-electron chi connectivity index (χ0n) is 9.31. The zero-order chi connectivity index (χ0) is 11.5. The molecule has 1 heterocycles. The van der Waals surface area contributed by atoms with Gasteiger partial charge in [0.15, 0.2) is 5.05 Å². The van der Waals surface area contributed by atoms with Crippen LogP contribution in [0.15, 0.2) is 48.2 Å². The molecule has 1 aliphatic heterocycles. The van der Waals surface area contributed by atoms with Crippen molar-refractivity contribution in [3.63, 3.8) is 0 Å². The van der Waals surface area contributed by atoms with Crippen LogP contribution in [0.4, 0.5) is 0 Å². The van der Waals surface area contributed by atoms with Crippen molar-refractivity contribution in [1.82, 2.24) is 4.90 Å². The SMILES string of the molecule is CN(C)C=C1C=C(c2ccccc2)OC1=S. The van der Waals surface area contributed by atoms with Crippen molar-refractivity contribution >= 4 is 23.0 Å². The van der Waals surface area contributed by atoms with Crippen LogP contribution in [0.25, 0.3) is 5.76 Å². The van der Waals surface area contributed by atoms with Gasteiger partial charge < -0.3 is 9.64 Å². The van der Waals surface area contributed by atoms with Crippen molar-refractivity contribution in [3.05, 3.63) is 53.7 Å². The summed E-state index contributed by atoms with van der Waals surface area (Å²) in [7, 11) is 3.92. The molecule has 1 aliphatic rings. The number of hydrogen-bond donors (Lipinski definition) is 0. The smallest absolute Gasteiger partial charge is 0.199 e. The van der Waals surface area contributed by atoms with Crippen LogP contribution in [0, 0.1) is 0 Å². The van der Waals surface area contributed by atoms with E-state index in [1.54, 1.807) is 0 Å². The fourth-order valence-corrected chi connectivity index (χ4v) is 1.70. The molecular formula is C13H13NOS. The van der Waals surface area contributed by atoms with E-state index in [-0.39, 0.29) is 0 Å². The summed E-state index contributed by atoms with van der Waals surface area (Å²) in [6, 6.07) is 9.96. The van der Waals surface area contributed by atoms with Crippen LogP contribution < -0.4 is 0 Å². The molecule has 1 aromatic rings. The Morgan fingerprint density at radius 1 is 1.19 bits per heavy atom. The Balaban J connectivity index is 2.30. The number of rotatable bonds is 2. The highest BCUT2D eigenvalue weighted by Crippen LogP contribution is 2.26. The van der Waals surface area contributed by atoms with Crippen LogP contribution in [0.3, 0.4) is 0 Å². The molecule has 0 N–H and O–H groups in total. The summed E-state index contributed by atoms with van der Waals surface area (Å²) in [5, 5.41) is 0.535. The van der Waals surface area contributed by atoms with Gasteiger partial charge in [-0.3, -0.25) is 0 Å². The summed E-state index contributed by atoms with van der Waals surface area (Å²) in [6.45, 7) is 0. The summed E-state index contributed by atoms with van der Waals surface area (Å²) >= 11 is 5.17. The van der Waals surface area contributed by atoms with Crippen molar-refractivity contribution in [2.75, 3.05) is 14.1 Å². The Hall–Kier alpha value is -1.61. The maximum Gasteiger partial charge on any atom is 0.199 e. The first-order valence-corrected chi connectivity index (χ1v) is 5.45. The van der Waals surface area contributed by atoms with Gasteiger partial charge in [-0.1, -0.05) is 30.3 Å². The second-order valence-corrected chi connectivity index (χ2v) is 4.18. The van der Waals surface area contributed by atoms with E-state index in [1.807, 2.05) is 61.6 Å². The fourth-order valence-electron chi connectivity index (χ4n) is 1.50. The lowest BCUT2D eigenvalue weighted by Crippen LogP contribution is -2.04. The summed E-state index contributed by atoms with van der Waals surface area (Å²) in [6.07, 6.45) is 3.93. The van der Waals surface area contributed by atoms with Crippen molar-refractivity contribution in [3.8, 4) is 0 Å². The molecule has 82 valence electrons. The van der Waals surface area contributed by atoms with Crippen molar-refractivity contribution in [1.29, 1.82) is 0 Å². The van der Waals surface area contributed by atoms with Gasteiger partial charge in [-0.2, -0.15) is 0 Å². The Morgan fingerprint density at radius 3 is 2.50 bits per heavy atom. The summed E-state index contributed by atoms with van der Waals surface area (Å²) in [4.78, 5) is 1.95. The summed E-state index contributed by atoms with van der Waals surface area (Å²) in [5.74, 6) is 0.818. The normalized spacial score (nSPS) is 17.2. The summed E-state index contributed by atoms with van der Waals surface area (Å²) < 4.78 is 5.56. The minimum Gasteiger partial charge on any atom is -0.445 e. The van der Waals surface area contributed by atoms with Gasteiger partial charge in [0.25, 0.3) is 0 Å². The molecule has 0 saturated carbocycles. The van der Waals surface area contributed by atoms with Crippen LogP contribution >= 0.6 is 12.2 Å². The first-order chi connectivity index (χ1) is 7.66. The molecule has 2 nitrogen and oxygen atoms in total. The number of hydrogen-bond acceptors (Lipinski definition) is 3. The Labute approximate surface area is 101 Å². The van der Waals surface area contributed by atoms with Crippen molar-refractivity contribution in [2.45, 2.75) is 0 Å². The minimum atomic E-state index is 0.535. The Kier molecular flexibility index (Phi) is 3.06. The molecule has 0 aromatic heterocycles.